The molecule has 0 spiro atoms. The fraction of sp³-hybridized carbons (Fsp3) is 0.625. The normalized spacial score (nSPS) is 13.1. The monoisotopic (exact) mass is 313 g/mol. The van der Waals surface area contributed by atoms with Crippen LogP contribution in [0.5, 0.6) is 5.75 Å². The topological polar surface area (TPSA) is 55.4 Å². The van der Waals surface area contributed by atoms with Crippen molar-refractivity contribution >= 4 is 9.84 Å². The van der Waals surface area contributed by atoms with Crippen LogP contribution in [0.4, 0.5) is 0 Å². The molecule has 0 saturated heterocycles. The van der Waals surface area contributed by atoms with Crippen molar-refractivity contribution in [2.45, 2.75) is 39.2 Å². The Bertz CT molecular complexity index is 497. The van der Waals surface area contributed by atoms with Gasteiger partial charge in [-0.2, -0.15) is 0 Å². The van der Waals surface area contributed by atoms with Crippen molar-refractivity contribution in [3.8, 4) is 5.75 Å². The van der Waals surface area contributed by atoms with E-state index in [0.717, 1.165) is 18.6 Å². The maximum Gasteiger partial charge on any atom is 0.150 e. The van der Waals surface area contributed by atoms with Gasteiger partial charge in [-0.25, -0.2) is 8.42 Å². The number of benzene rings is 1. The van der Waals surface area contributed by atoms with Crippen LogP contribution in [-0.2, 0) is 16.3 Å². The van der Waals surface area contributed by atoms with E-state index in [1.165, 1.54) is 5.56 Å². The van der Waals surface area contributed by atoms with Crippen molar-refractivity contribution in [3.05, 3.63) is 29.8 Å². The van der Waals surface area contributed by atoms with Crippen molar-refractivity contribution in [2.24, 2.45) is 0 Å². The van der Waals surface area contributed by atoms with Gasteiger partial charge in [-0.1, -0.05) is 19.1 Å². The van der Waals surface area contributed by atoms with Crippen molar-refractivity contribution in [1.82, 2.24) is 5.32 Å². The lowest BCUT2D eigenvalue weighted by Gasteiger charge is -2.10. The number of hydrogen-bond donors (Lipinski definition) is 1. The molecule has 4 nitrogen and oxygen atoms in total. The van der Waals surface area contributed by atoms with Crippen LogP contribution in [-0.4, -0.2) is 39.6 Å². The highest BCUT2D eigenvalue weighted by atomic mass is 32.2. The Morgan fingerprint density at radius 2 is 1.90 bits per heavy atom. The van der Waals surface area contributed by atoms with E-state index in [1.54, 1.807) is 6.92 Å². The lowest BCUT2D eigenvalue weighted by Crippen LogP contribution is -2.21. The van der Waals surface area contributed by atoms with Gasteiger partial charge in [-0.05, 0) is 50.9 Å². The molecule has 0 aliphatic heterocycles. The number of aryl methyl sites for hydroxylation is 1. The van der Waals surface area contributed by atoms with Crippen LogP contribution >= 0.6 is 0 Å². The smallest absolute Gasteiger partial charge is 0.150 e. The molecule has 5 heteroatoms. The predicted octanol–water partition coefficient (Wildman–Crippen LogP) is 2.43. The highest BCUT2D eigenvalue weighted by Gasteiger charge is 2.06. The summed E-state index contributed by atoms with van der Waals surface area (Å²) in [4.78, 5) is 0. The lowest BCUT2D eigenvalue weighted by molar-refractivity contribution is 0.317. The Labute approximate surface area is 128 Å². The van der Waals surface area contributed by atoms with E-state index in [4.69, 9.17) is 4.74 Å². The fourth-order valence-corrected chi connectivity index (χ4v) is 2.74. The summed E-state index contributed by atoms with van der Waals surface area (Å²) in [5, 5.41) is 3.22. The second kappa shape index (κ2) is 9.05. The zero-order valence-electron chi connectivity index (χ0n) is 13.3. The predicted molar refractivity (Wildman–Crippen MR) is 87.7 cm³/mol. The van der Waals surface area contributed by atoms with Gasteiger partial charge >= 0.3 is 0 Å². The van der Waals surface area contributed by atoms with Crippen molar-refractivity contribution < 1.29 is 13.2 Å². The molecule has 0 bridgehead atoms. The molecular formula is C16H27NO3S. The average Bonchev–Trinajstić information content (AvgIpc) is 2.50. The number of rotatable bonds is 10. The molecule has 1 rings (SSSR count). The fourth-order valence-electron chi connectivity index (χ4n) is 1.89. The standard InChI is InChI=1S/C16H27NO3S/c1-4-21(18,19)13-5-12-20-16-10-8-15(9-11-16)7-6-14(2)17-3/h8-11,14,17H,4-7,12-13H2,1-3H3. The first-order valence-corrected chi connectivity index (χ1v) is 9.38. The van der Waals surface area contributed by atoms with Crippen LogP contribution in [0, 0.1) is 0 Å². The molecule has 120 valence electrons. The Morgan fingerprint density at radius 1 is 1.24 bits per heavy atom. The summed E-state index contributed by atoms with van der Waals surface area (Å²) in [6.45, 7) is 4.28. The number of nitrogens with one attached hydrogen (secondary N) is 1. The molecule has 0 heterocycles. The van der Waals surface area contributed by atoms with Crippen LogP contribution in [0.2, 0.25) is 0 Å². The van der Waals surface area contributed by atoms with E-state index >= 15 is 0 Å². The third-order valence-electron chi connectivity index (χ3n) is 3.59. The van der Waals surface area contributed by atoms with Gasteiger partial charge in [0.15, 0.2) is 0 Å². The summed E-state index contributed by atoms with van der Waals surface area (Å²) in [5.41, 5.74) is 1.29. The summed E-state index contributed by atoms with van der Waals surface area (Å²) >= 11 is 0. The second-order valence-corrected chi connectivity index (χ2v) is 7.78. The molecule has 0 aliphatic rings. The minimum Gasteiger partial charge on any atom is -0.494 e. The first-order chi connectivity index (χ1) is 9.96. The Morgan fingerprint density at radius 3 is 2.48 bits per heavy atom. The van der Waals surface area contributed by atoms with Crippen LogP contribution in [0.1, 0.15) is 32.3 Å². The molecule has 0 radical (unpaired) electrons. The van der Waals surface area contributed by atoms with Gasteiger partial charge < -0.3 is 10.1 Å². The minimum absolute atomic E-state index is 0.198. The summed E-state index contributed by atoms with van der Waals surface area (Å²) < 4.78 is 28.3. The molecule has 1 aromatic rings. The van der Waals surface area contributed by atoms with Crippen molar-refractivity contribution in [3.63, 3.8) is 0 Å². The maximum atomic E-state index is 11.3. The Balaban J connectivity index is 2.31. The lowest BCUT2D eigenvalue weighted by atomic mass is 10.1. The van der Waals surface area contributed by atoms with Gasteiger partial charge in [0.2, 0.25) is 0 Å². The SMILES string of the molecule is CCS(=O)(=O)CCCOc1ccc(CCC(C)NC)cc1. The summed E-state index contributed by atoms with van der Waals surface area (Å²) in [6, 6.07) is 8.56. The van der Waals surface area contributed by atoms with Gasteiger partial charge in [0, 0.05) is 11.8 Å². The first-order valence-electron chi connectivity index (χ1n) is 7.56. The molecule has 0 amide bonds. The van der Waals surface area contributed by atoms with Crippen molar-refractivity contribution in [2.75, 3.05) is 25.2 Å². The molecule has 0 saturated carbocycles. The van der Waals surface area contributed by atoms with Crippen LogP contribution in [0.15, 0.2) is 24.3 Å². The first kappa shape index (κ1) is 18.0. The quantitative estimate of drug-likeness (QED) is 0.674. The van der Waals surface area contributed by atoms with E-state index in [-0.39, 0.29) is 11.5 Å². The van der Waals surface area contributed by atoms with Gasteiger partial charge in [-0.15, -0.1) is 0 Å². The van der Waals surface area contributed by atoms with Crippen LogP contribution in [0.25, 0.3) is 0 Å². The van der Waals surface area contributed by atoms with Gasteiger partial charge in [-0.3, -0.25) is 0 Å². The number of hydrogen-bond acceptors (Lipinski definition) is 4. The Kier molecular flexibility index (Phi) is 7.75. The van der Waals surface area contributed by atoms with Crippen molar-refractivity contribution in [1.29, 1.82) is 0 Å². The van der Waals surface area contributed by atoms with Gasteiger partial charge in [0.1, 0.15) is 15.6 Å². The third kappa shape index (κ3) is 7.48. The van der Waals surface area contributed by atoms with E-state index in [0.29, 0.717) is 19.1 Å². The molecule has 21 heavy (non-hydrogen) atoms. The van der Waals surface area contributed by atoms with Gasteiger partial charge in [0.05, 0.1) is 12.4 Å². The van der Waals surface area contributed by atoms with Crippen LogP contribution < -0.4 is 10.1 Å². The maximum absolute atomic E-state index is 11.3. The largest absolute Gasteiger partial charge is 0.494 e. The minimum atomic E-state index is -2.88. The average molecular weight is 313 g/mol. The van der Waals surface area contributed by atoms with E-state index in [2.05, 4.69) is 24.4 Å². The summed E-state index contributed by atoms with van der Waals surface area (Å²) in [6.07, 6.45) is 2.68. The third-order valence-corrected chi connectivity index (χ3v) is 5.38. The molecule has 1 unspecified atom stereocenters. The molecule has 1 atom stereocenters. The molecule has 1 N–H and O–H groups in total. The molecule has 0 fully saturated rings. The van der Waals surface area contributed by atoms with Gasteiger partial charge in [0.25, 0.3) is 0 Å². The number of ether oxygens (including phenoxy) is 1. The second-order valence-electron chi connectivity index (χ2n) is 5.31. The highest BCUT2D eigenvalue weighted by molar-refractivity contribution is 7.91. The summed E-state index contributed by atoms with van der Waals surface area (Å²) in [7, 11) is -0.912. The summed E-state index contributed by atoms with van der Waals surface area (Å²) in [5.74, 6) is 1.20. The Hall–Kier alpha value is -1.07. The number of sulfone groups is 1. The molecular weight excluding hydrogens is 286 g/mol. The zero-order chi connectivity index (χ0) is 15.7. The van der Waals surface area contributed by atoms with E-state index < -0.39 is 9.84 Å². The molecule has 0 aromatic heterocycles. The van der Waals surface area contributed by atoms with E-state index in [9.17, 15) is 8.42 Å². The van der Waals surface area contributed by atoms with E-state index in [1.807, 2.05) is 19.2 Å². The molecule has 0 aliphatic carbocycles. The van der Waals surface area contributed by atoms with Crippen LogP contribution in [0.3, 0.4) is 0 Å². The molecule has 1 aromatic carbocycles. The highest BCUT2D eigenvalue weighted by Crippen LogP contribution is 2.14. The zero-order valence-corrected chi connectivity index (χ0v) is 14.1.